The Hall–Kier alpha value is -2.91. The van der Waals surface area contributed by atoms with E-state index in [0.29, 0.717) is 23.5 Å². The predicted molar refractivity (Wildman–Crippen MR) is 107 cm³/mol. The van der Waals surface area contributed by atoms with E-state index in [2.05, 4.69) is 4.98 Å². The van der Waals surface area contributed by atoms with Crippen molar-refractivity contribution in [3.8, 4) is 16.9 Å². The lowest BCUT2D eigenvalue weighted by atomic mass is 10.0. The number of hydrogen-bond donors (Lipinski definition) is 1. The maximum atomic E-state index is 12.4. The fourth-order valence-corrected chi connectivity index (χ4v) is 3.71. The number of ether oxygens (including phenoxy) is 1. The summed E-state index contributed by atoms with van der Waals surface area (Å²) in [6.45, 7) is 0.0709. The molecule has 0 aliphatic rings. The molecule has 158 valence electrons. The predicted octanol–water partition coefficient (Wildman–Crippen LogP) is 4.31. The van der Waals surface area contributed by atoms with E-state index in [1.165, 1.54) is 12.4 Å². The van der Waals surface area contributed by atoms with Gasteiger partial charge in [-0.05, 0) is 40.5 Å². The molecule has 1 aromatic heterocycles. The van der Waals surface area contributed by atoms with E-state index in [1.54, 1.807) is 30.3 Å². The Morgan fingerprint density at radius 1 is 1.00 bits per heavy atom. The van der Waals surface area contributed by atoms with E-state index in [1.807, 2.05) is 35.1 Å². The smallest absolute Gasteiger partial charge is 0.404 e. The highest BCUT2D eigenvalue weighted by Gasteiger charge is 2.34. The van der Waals surface area contributed by atoms with Crippen LogP contribution in [0, 0.1) is 0 Å². The Kier molecular flexibility index (Phi) is 6.73. The van der Waals surface area contributed by atoms with Gasteiger partial charge in [0.2, 0.25) is 10.0 Å². The van der Waals surface area contributed by atoms with Gasteiger partial charge in [-0.15, -0.1) is 0 Å². The molecule has 0 spiro atoms. The highest BCUT2D eigenvalue weighted by atomic mass is 32.2. The number of nitrogens with one attached hydrogen (secondary N) is 1. The van der Waals surface area contributed by atoms with Gasteiger partial charge in [0.15, 0.2) is 5.75 Å². The molecule has 3 aromatic rings. The topological polar surface area (TPSA) is 68.3 Å². The van der Waals surface area contributed by atoms with Crippen molar-refractivity contribution >= 4 is 10.0 Å². The first kappa shape index (κ1) is 21.8. The molecule has 0 saturated carbocycles. The first-order valence-electron chi connectivity index (χ1n) is 8.96. The molecule has 1 N–H and O–H groups in total. The molecular weight excluding hydrogens is 417 g/mol. The Labute approximate surface area is 172 Å². The van der Waals surface area contributed by atoms with Crippen molar-refractivity contribution in [1.29, 1.82) is 0 Å². The van der Waals surface area contributed by atoms with Crippen molar-refractivity contribution in [3.63, 3.8) is 0 Å². The minimum atomic E-state index is -4.81. The van der Waals surface area contributed by atoms with E-state index in [9.17, 15) is 21.6 Å². The molecule has 0 amide bonds. The zero-order chi connectivity index (χ0) is 21.6. The summed E-state index contributed by atoms with van der Waals surface area (Å²) in [6, 6.07) is 18.5. The largest absolute Gasteiger partial charge is 0.489 e. The number of rotatable bonds is 8. The molecule has 0 aliphatic heterocycles. The van der Waals surface area contributed by atoms with Crippen LogP contribution in [0.5, 0.6) is 5.75 Å². The molecule has 0 bridgehead atoms. The zero-order valence-electron chi connectivity index (χ0n) is 15.8. The SMILES string of the molecule is O=S(=O)(CC(F)(F)F)NCc1cnccc1-c1cccc(OCc2ccccc2)c1. The summed E-state index contributed by atoms with van der Waals surface area (Å²) in [4.78, 5) is 3.96. The van der Waals surface area contributed by atoms with Gasteiger partial charge in [0.05, 0.1) is 0 Å². The Balaban J connectivity index is 1.75. The lowest BCUT2D eigenvalue weighted by molar-refractivity contribution is -0.106. The van der Waals surface area contributed by atoms with Gasteiger partial charge in [0.25, 0.3) is 0 Å². The van der Waals surface area contributed by atoms with Gasteiger partial charge in [0.1, 0.15) is 12.4 Å². The number of nitrogens with zero attached hydrogens (tertiary/aromatic N) is 1. The molecule has 1 heterocycles. The van der Waals surface area contributed by atoms with E-state index < -0.39 is 22.0 Å². The fraction of sp³-hybridized carbons (Fsp3) is 0.190. The van der Waals surface area contributed by atoms with Crippen molar-refractivity contribution in [3.05, 3.63) is 84.2 Å². The van der Waals surface area contributed by atoms with Crippen LogP contribution in [-0.4, -0.2) is 25.3 Å². The maximum absolute atomic E-state index is 12.4. The Bertz CT molecular complexity index is 1090. The van der Waals surface area contributed by atoms with Crippen LogP contribution in [0.4, 0.5) is 13.2 Å². The fourth-order valence-electron chi connectivity index (χ4n) is 2.80. The lowest BCUT2D eigenvalue weighted by Gasteiger charge is -2.13. The second-order valence-electron chi connectivity index (χ2n) is 6.53. The van der Waals surface area contributed by atoms with Crippen molar-refractivity contribution in [2.75, 3.05) is 5.75 Å². The molecule has 0 fully saturated rings. The van der Waals surface area contributed by atoms with Crippen LogP contribution in [0.25, 0.3) is 11.1 Å². The summed E-state index contributed by atoms with van der Waals surface area (Å²) >= 11 is 0. The van der Waals surface area contributed by atoms with Gasteiger partial charge in [-0.2, -0.15) is 13.2 Å². The minimum absolute atomic E-state index is 0.309. The number of hydrogen-bond acceptors (Lipinski definition) is 4. The van der Waals surface area contributed by atoms with Crippen LogP contribution >= 0.6 is 0 Å². The molecule has 0 atom stereocenters. The van der Waals surface area contributed by atoms with Crippen LogP contribution in [0.3, 0.4) is 0 Å². The van der Waals surface area contributed by atoms with Crippen molar-refractivity contribution < 1.29 is 26.3 Å². The number of benzene rings is 2. The standard InChI is InChI=1S/C21H19F3N2O3S/c22-21(23,24)15-30(27,28)26-13-18-12-25-10-9-20(18)17-7-4-8-19(11-17)29-14-16-5-2-1-3-6-16/h1-12,26H,13-15H2. The summed E-state index contributed by atoms with van der Waals surface area (Å²) in [5.41, 5.74) is 2.83. The van der Waals surface area contributed by atoms with Crippen LogP contribution in [-0.2, 0) is 23.2 Å². The summed E-state index contributed by atoms with van der Waals surface area (Å²) in [5, 5.41) is 0. The highest BCUT2D eigenvalue weighted by molar-refractivity contribution is 7.89. The van der Waals surface area contributed by atoms with Crippen LogP contribution in [0.2, 0.25) is 0 Å². The van der Waals surface area contributed by atoms with Crippen molar-refractivity contribution in [1.82, 2.24) is 9.71 Å². The molecule has 9 heteroatoms. The van der Waals surface area contributed by atoms with Crippen molar-refractivity contribution in [2.24, 2.45) is 0 Å². The van der Waals surface area contributed by atoms with E-state index in [4.69, 9.17) is 4.74 Å². The molecule has 0 radical (unpaired) electrons. The second kappa shape index (κ2) is 9.27. The third-order valence-electron chi connectivity index (χ3n) is 4.13. The minimum Gasteiger partial charge on any atom is -0.489 e. The first-order chi connectivity index (χ1) is 14.2. The van der Waals surface area contributed by atoms with E-state index in [0.717, 1.165) is 11.1 Å². The molecule has 5 nitrogen and oxygen atoms in total. The van der Waals surface area contributed by atoms with Crippen LogP contribution < -0.4 is 9.46 Å². The van der Waals surface area contributed by atoms with Gasteiger partial charge in [0, 0.05) is 18.9 Å². The number of sulfonamides is 1. The molecule has 3 rings (SSSR count). The average molecular weight is 436 g/mol. The number of aromatic nitrogens is 1. The summed E-state index contributed by atoms with van der Waals surface area (Å²) in [7, 11) is -4.51. The zero-order valence-corrected chi connectivity index (χ0v) is 16.6. The van der Waals surface area contributed by atoms with E-state index in [-0.39, 0.29) is 6.54 Å². The summed E-state index contributed by atoms with van der Waals surface area (Å²) in [6.07, 6.45) is -1.86. The van der Waals surface area contributed by atoms with Gasteiger partial charge >= 0.3 is 6.18 Å². The monoisotopic (exact) mass is 436 g/mol. The highest BCUT2D eigenvalue weighted by Crippen LogP contribution is 2.27. The van der Waals surface area contributed by atoms with Gasteiger partial charge in [-0.25, -0.2) is 13.1 Å². The third-order valence-corrected chi connectivity index (χ3v) is 5.42. The number of halogens is 3. The Morgan fingerprint density at radius 2 is 1.77 bits per heavy atom. The lowest BCUT2D eigenvalue weighted by Crippen LogP contribution is -2.33. The number of alkyl halides is 3. The van der Waals surface area contributed by atoms with Gasteiger partial charge in [-0.3, -0.25) is 4.98 Å². The molecule has 0 unspecified atom stereocenters. The molecular formula is C21H19F3N2O3S. The van der Waals surface area contributed by atoms with Crippen LogP contribution in [0.15, 0.2) is 73.1 Å². The Morgan fingerprint density at radius 3 is 2.50 bits per heavy atom. The summed E-state index contributed by atoms with van der Waals surface area (Å²) < 4.78 is 68.4. The van der Waals surface area contributed by atoms with Gasteiger partial charge < -0.3 is 4.74 Å². The van der Waals surface area contributed by atoms with E-state index >= 15 is 0 Å². The second-order valence-corrected chi connectivity index (χ2v) is 8.34. The molecule has 0 saturated heterocycles. The maximum Gasteiger partial charge on any atom is 0.404 e. The molecule has 0 aliphatic carbocycles. The quantitative estimate of drug-likeness (QED) is 0.572. The molecule has 2 aromatic carbocycles. The van der Waals surface area contributed by atoms with Crippen LogP contribution in [0.1, 0.15) is 11.1 Å². The normalized spacial score (nSPS) is 12.0. The number of pyridine rings is 1. The van der Waals surface area contributed by atoms with Crippen molar-refractivity contribution in [2.45, 2.75) is 19.3 Å². The summed E-state index contributed by atoms with van der Waals surface area (Å²) in [5.74, 6) is -1.32. The van der Waals surface area contributed by atoms with Gasteiger partial charge in [-0.1, -0.05) is 42.5 Å². The third kappa shape index (κ3) is 6.57. The average Bonchev–Trinajstić information content (AvgIpc) is 2.70. The molecule has 30 heavy (non-hydrogen) atoms. The first-order valence-corrected chi connectivity index (χ1v) is 10.6.